The Balaban J connectivity index is 4.69. The largest absolute Gasteiger partial charge is 0.756 e. The second-order valence-corrected chi connectivity index (χ2v) is 15.8. The normalized spacial score (nSPS) is 15.7. The second-order valence-electron chi connectivity index (χ2n) is 14.4. The van der Waals surface area contributed by atoms with Gasteiger partial charge in [-0.05, 0) is 64.2 Å². The summed E-state index contributed by atoms with van der Waals surface area (Å²) in [5.74, 6) is -0.307. The number of allylic oxidation sites excluding steroid dienone is 6. The number of nitrogens with one attached hydrogen (secondary N) is 1. The predicted octanol–water partition coefficient (Wildman–Crippen LogP) is 8.30. The summed E-state index contributed by atoms with van der Waals surface area (Å²) in [7, 11) is 1.09. The number of hydrogen-bond acceptors (Lipinski definition) is 7. The molecule has 0 radical (unpaired) electrons. The van der Waals surface area contributed by atoms with E-state index < -0.39 is 32.7 Å². The molecule has 10 heteroatoms. The van der Waals surface area contributed by atoms with E-state index >= 15 is 0 Å². The van der Waals surface area contributed by atoms with E-state index in [4.69, 9.17) is 9.05 Å². The quantitative estimate of drug-likeness (QED) is 0.0265. The van der Waals surface area contributed by atoms with Crippen LogP contribution in [0.5, 0.6) is 0 Å². The minimum Gasteiger partial charge on any atom is -0.756 e. The van der Waals surface area contributed by atoms with Gasteiger partial charge in [-0.3, -0.25) is 9.36 Å². The molecule has 49 heavy (non-hydrogen) atoms. The number of aliphatic hydroxyl groups is 2. The summed E-state index contributed by atoms with van der Waals surface area (Å²) in [6.07, 6.45) is 31.8. The second kappa shape index (κ2) is 31.4. The predicted molar refractivity (Wildman–Crippen MR) is 202 cm³/mol. The molecular weight excluding hydrogens is 639 g/mol. The third kappa shape index (κ3) is 32.3. The lowest BCUT2D eigenvalue weighted by molar-refractivity contribution is -0.870. The Labute approximate surface area is 300 Å². The van der Waals surface area contributed by atoms with Crippen LogP contribution in [0.4, 0.5) is 0 Å². The minimum atomic E-state index is -4.67. The van der Waals surface area contributed by atoms with Gasteiger partial charge in [0.2, 0.25) is 5.91 Å². The van der Waals surface area contributed by atoms with Crippen molar-refractivity contribution in [2.75, 3.05) is 40.9 Å². The van der Waals surface area contributed by atoms with Crippen molar-refractivity contribution in [1.82, 2.24) is 5.32 Å². The van der Waals surface area contributed by atoms with E-state index in [9.17, 15) is 24.5 Å². The van der Waals surface area contributed by atoms with Gasteiger partial charge >= 0.3 is 0 Å². The lowest BCUT2D eigenvalue weighted by Gasteiger charge is -2.31. The zero-order valence-corrected chi connectivity index (χ0v) is 32.9. The van der Waals surface area contributed by atoms with Gasteiger partial charge in [-0.1, -0.05) is 115 Å². The number of unbranched alkanes of at least 4 members (excludes halogenated alkanes) is 14. The van der Waals surface area contributed by atoms with E-state index in [1.54, 1.807) is 0 Å². The number of nitrogens with zero attached hydrogens (tertiary/aromatic N) is 1. The Hall–Kier alpha value is -1.32. The number of phosphoric acid groups is 1. The number of phosphoric ester groups is 1. The van der Waals surface area contributed by atoms with Gasteiger partial charge in [-0.2, -0.15) is 0 Å². The van der Waals surface area contributed by atoms with Crippen LogP contribution in [0.3, 0.4) is 0 Å². The van der Waals surface area contributed by atoms with Crippen molar-refractivity contribution >= 4 is 13.7 Å². The highest BCUT2D eigenvalue weighted by atomic mass is 31.2. The number of hydrogen-bond donors (Lipinski definition) is 3. The maximum absolute atomic E-state index is 12.8. The number of rotatable bonds is 34. The summed E-state index contributed by atoms with van der Waals surface area (Å²) >= 11 is 0. The van der Waals surface area contributed by atoms with Crippen LogP contribution in [0, 0.1) is 0 Å². The van der Waals surface area contributed by atoms with Crippen LogP contribution in [-0.2, 0) is 18.4 Å². The summed E-state index contributed by atoms with van der Waals surface area (Å²) < 4.78 is 23.0. The van der Waals surface area contributed by atoms with Gasteiger partial charge in [0.25, 0.3) is 7.82 Å². The molecule has 4 atom stereocenters. The Morgan fingerprint density at radius 2 is 1.27 bits per heavy atom. The van der Waals surface area contributed by atoms with Crippen LogP contribution in [0.1, 0.15) is 149 Å². The van der Waals surface area contributed by atoms with E-state index in [0.717, 1.165) is 57.8 Å². The third-order valence-corrected chi connectivity index (χ3v) is 9.39. The lowest BCUT2D eigenvalue weighted by atomic mass is 10.0. The highest BCUT2D eigenvalue weighted by Gasteiger charge is 2.29. The molecule has 4 unspecified atom stereocenters. The maximum Gasteiger partial charge on any atom is 0.268 e. The zero-order valence-electron chi connectivity index (χ0n) is 32.0. The van der Waals surface area contributed by atoms with Gasteiger partial charge in [0, 0.05) is 6.42 Å². The average molecular weight is 715 g/mol. The number of aliphatic hydroxyl groups excluding tert-OH is 2. The number of likely N-dealkylation sites (N-methyl/N-ethyl adjacent to an activating group) is 1. The number of carbonyl (C=O) groups excluding carboxylic acids is 1. The van der Waals surface area contributed by atoms with E-state index in [0.29, 0.717) is 30.3 Å². The van der Waals surface area contributed by atoms with Gasteiger partial charge in [-0.25, -0.2) is 0 Å². The zero-order chi connectivity index (χ0) is 36.6. The summed E-state index contributed by atoms with van der Waals surface area (Å²) in [4.78, 5) is 25.2. The molecule has 1 amide bonds. The smallest absolute Gasteiger partial charge is 0.268 e. The Morgan fingerprint density at radius 3 is 1.86 bits per heavy atom. The molecule has 0 spiro atoms. The molecule has 0 aromatic rings. The highest BCUT2D eigenvalue weighted by Crippen LogP contribution is 2.38. The molecule has 3 N–H and O–H groups in total. The fourth-order valence-electron chi connectivity index (χ4n) is 5.23. The molecule has 0 aromatic carbocycles. The summed E-state index contributed by atoms with van der Waals surface area (Å²) in [6.45, 7) is 4.29. The van der Waals surface area contributed by atoms with Crippen molar-refractivity contribution < 1.29 is 38.0 Å². The fraction of sp³-hybridized carbons (Fsp3) is 0.821. The molecule has 0 aromatic heterocycles. The molecule has 288 valence electrons. The van der Waals surface area contributed by atoms with Crippen molar-refractivity contribution in [3.63, 3.8) is 0 Å². The molecular formula is C39H75N2O7P. The van der Waals surface area contributed by atoms with Crippen molar-refractivity contribution in [3.05, 3.63) is 36.5 Å². The number of amides is 1. The molecule has 0 saturated heterocycles. The molecule has 0 rings (SSSR count). The van der Waals surface area contributed by atoms with Crippen molar-refractivity contribution in [1.29, 1.82) is 0 Å². The molecule has 0 bridgehead atoms. The Bertz CT molecular complexity index is 920. The minimum absolute atomic E-state index is 0.0500. The van der Waals surface area contributed by atoms with Crippen LogP contribution in [-0.4, -0.2) is 79.8 Å². The topological polar surface area (TPSA) is 128 Å². The first-order valence-electron chi connectivity index (χ1n) is 19.4. The van der Waals surface area contributed by atoms with Crippen molar-refractivity contribution in [2.45, 2.75) is 167 Å². The number of quaternary nitrogens is 1. The van der Waals surface area contributed by atoms with Gasteiger partial charge < -0.3 is 34.0 Å². The Morgan fingerprint density at radius 1 is 0.735 bits per heavy atom. The van der Waals surface area contributed by atoms with Gasteiger partial charge in [-0.15, -0.1) is 0 Å². The summed E-state index contributed by atoms with van der Waals surface area (Å²) in [6, 6.07) is -1.09. The molecule has 0 aliphatic heterocycles. The van der Waals surface area contributed by atoms with E-state index in [1.165, 1.54) is 51.4 Å². The SMILES string of the molecule is CCC/C=C\C/C=C\CCCCCCCC(=O)NC(COP(=O)([O-])OCC[N+](C)(C)C)C(O)C(O)CCC/C=C/CCCCCCCCC. The molecule has 0 aliphatic rings. The Kier molecular flexibility index (Phi) is 30.6. The maximum atomic E-state index is 12.8. The molecule has 0 saturated carbocycles. The van der Waals surface area contributed by atoms with E-state index in [2.05, 4.69) is 55.6 Å². The summed E-state index contributed by atoms with van der Waals surface area (Å²) in [5, 5.41) is 24.4. The van der Waals surface area contributed by atoms with Crippen molar-refractivity contribution in [3.8, 4) is 0 Å². The standard InChI is InChI=1S/C39H75N2O7P/c1-6-8-10-12-14-16-18-20-22-24-26-28-30-32-38(43)40-36(35-48-49(45,46)47-34-33-41(3,4)5)39(44)37(42)31-29-27-25-23-21-19-17-15-13-11-9-7-2/h10,12,16,18,23,25,36-37,39,42,44H,6-9,11,13-15,17,19-22,24,26-35H2,1-5H3,(H-,40,43,45,46)/b12-10-,18-16-,25-23+. The van der Waals surface area contributed by atoms with Gasteiger partial charge in [0.1, 0.15) is 19.3 Å². The first kappa shape index (κ1) is 47.7. The molecule has 0 fully saturated rings. The first-order chi connectivity index (χ1) is 23.4. The van der Waals surface area contributed by atoms with Crippen LogP contribution >= 0.6 is 7.82 Å². The van der Waals surface area contributed by atoms with Crippen LogP contribution < -0.4 is 10.2 Å². The van der Waals surface area contributed by atoms with E-state index in [-0.39, 0.29) is 18.9 Å². The third-order valence-electron chi connectivity index (χ3n) is 8.42. The number of carbonyl (C=O) groups is 1. The van der Waals surface area contributed by atoms with Crippen LogP contribution in [0.15, 0.2) is 36.5 Å². The van der Waals surface area contributed by atoms with Gasteiger partial charge in [0.05, 0.1) is 39.9 Å². The summed E-state index contributed by atoms with van der Waals surface area (Å²) in [5.41, 5.74) is 0. The average Bonchev–Trinajstić information content (AvgIpc) is 3.04. The van der Waals surface area contributed by atoms with Crippen LogP contribution in [0.25, 0.3) is 0 Å². The fourth-order valence-corrected chi connectivity index (χ4v) is 5.95. The molecule has 9 nitrogen and oxygen atoms in total. The monoisotopic (exact) mass is 715 g/mol. The first-order valence-corrected chi connectivity index (χ1v) is 20.9. The molecule has 0 aliphatic carbocycles. The van der Waals surface area contributed by atoms with Gasteiger partial charge in [0.15, 0.2) is 0 Å². The lowest BCUT2D eigenvalue weighted by Crippen LogP contribution is -2.51. The molecule has 0 heterocycles. The highest BCUT2D eigenvalue weighted by molar-refractivity contribution is 7.45. The van der Waals surface area contributed by atoms with Crippen molar-refractivity contribution in [2.24, 2.45) is 0 Å². The van der Waals surface area contributed by atoms with E-state index in [1.807, 2.05) is 21.1 Å². The van der Waals surface area contributed by atoms with Crippen LogP contribution in [0.2, 0.25) is 0 Å².